The van der Waals surface area contributed by atoms with Gasteiger partial charge in [-0.1, -0.05) is 0 Å². The lowest BCUT2D eigenvalue weighted by Crippen LogP contribution is -2.64. The minimum absolute atomic E-state index is 0.0736. The van der Waals surface area contributed by atoms with Gasteiger partial charge in [0.1, 0.15) is 48.8 Å². The predicted octanol–water partition coefficient (Wildman–Crippen LogP) is -4.35. The van der Waals surface area contributed by atoms with Crippen LogP contribution in [0.2, 0.25) is 0 Å². The molecule has 0 aromatic rings. The number of aliphatic hydroxyl groups is 7. The van der Waals surface area contributed by atoms with E-state index in [9.17, 15) is 35.7 Å². The average molecular weight is 370 g/mol. The highest BCUT2D eigenvalue weighted by Crippen LogP contribution is 2.28. The van der Waals surface area contributed by atoms with E-state index in [-0.39, 0.29) is 6.61 Å². The molecular formula is C14H26O11. The van der Waals surface area contributed by atoms with Crippen LogP contribution in [-0.4, -0.2) is 117 Å². The van der Waals surface area contributed by atoms with E-state index >= 15 is 0 Å². The second-order valence-electron chi connectivity index (χ2n) is 6.00. The lowest BCUT2D eigenvalue weighted by molar-refractivity contribution is -0.355. The van der Waals surface area contributed by atoms with E-state index in [1.807, 2.05) is 0 Å². The molecule has 2 saturated heterocycles. The molecule has 148 valence electrons. The number of rotatable bonds is 6. The van der Waals surface area contributed by atoms with Gasteiger partial charge in [0.25, 0.3) is 0 Å². The van der Waals surface area contributed by atoms with Gasteiger partial charge in [-0.05, 0) is 6.92 Å². The molecule has 0 unspecified atom stereocenters. The summed E-state index contributed by atoms with van der Waals surface area (Å²) in [5.41, 5.74) is 0. The zero-order valence-electron chi connectivity index (χ0n) is 13.7. The first kappa shape index (κ1) is 20.9. The molecule has 0 aromatic heterocycles. The van der Waals surface area contributed by atoms with Crippen molar-refractivity contribution in [3.8, 4) is 0 Å². The van der Waals surface area contributed by atoms with Crippen molar-refractivity contribution in [1.29, 1.82) is 0 Å². The van der Waals surface area contributed by atoms with Crippen LogP contribution in [0.15, 0.2) is 0 Å². The van der Waals surface area contributed by atoms with Crippen LogP contribution in [0.3, 0.4) is 0 Å². The van der Waals surface area contributed by atoms with E-state index in [4.69, 9.17) is 18.9 Å². The third kappa shape index (κ3) is 4.46. The Kier molecular flexibility index (Phi) is 7.49. The maximum Gasteiger partial charge on any atom is 0.187 e. The van der Waals surface area contributed by atoms with E-state index in [2.05, 4.69) is 0 Å². The minimum atomic E-state index is -1.72. The SMILES string of the molecule is CCOC[C@H]1O[C@@H](O[C@H]2[C@H](O)[C@@H](O)[C@@H](O)O[C@@H]2CO)[C@H](O)[C@@H](O)[C@H]1O. The summed E-state index contributed by atoms with van der Waals surface area (Å²) in [5, 5.41) is 68.5. The smallest absolute Gasteiger partial charge is 0.187 e. The van der Waals surface area contributed by atoms with Crippen molar-refractivity contribution in [2.24, 2.45) is 0 Å². The molecule has 25 heavy (non-hydrogen) atoms. The molecule has 0 radical (unpaired) electrons. The van der Waals surface area contributed by atoms with E-state index < -0.39 is 68.0 Å². The van der Waals surface area contributed by atoms with Crippen molar-refractivity contribution < 1.29 is 54.7 Å². The van der Waals surface area contributed by atoms with Gasteiger partial charge in [-0.2, -0.15) is 0 Å². The van der Waals surface area contributed by atoms with Gasteiger partial charge in [0, 0.05) is 6.61 Å². The summed E-state index contributed by atoms with van der Waals surface area (Å²) in [7, 11) is 0. The maximum absolute atomic E-state index is 10.1. The highest BCUT2D eigenvalue weighted by molar-refractivity contribution is 4.93. The van der Waals surface area contributed by atoms with Gasteiger partial charge in [0.05, 0.1) is 13.2 Å². The summed E-state index contributed by atoms with van der Waals surface area (Å²) in [5.74, 6) is 0. The summed E-state index contributed by atoms with van der Waals surface area (Å²) >= 11 is 0. The van der Waals surface area contributed by atoms with Gasteiger partial charge in [0.15, 0.2) is 12.6 Å². The van der Waals surface area contributed by atoms with E-state index in [0.717, 1.165) is 0 Å². The van der Waals surface area contributed by atoms with Crippen molar-refractivity contribution in [3.63, 3.8) is 0 Å². The largest absolute Gasteiger partial charge is 0.394 e. The van der Waals surface area contributed by atoms with Gasteiger partial charge in [-0.15, -0.1) is 0 Å². The van der Waals surface area contributed by atoms with E-state index in [1.165, 1.54) is 0 Å². The normalized spacial score (nSPS) is 48.5. The van der Waals surface area contributed by atoms with Crippen LogP contribution in [0.4, 0.5) is 0 Å². The van der Waals surface area contributed by atoms with Gasteiger partial charge in [-0.3, -0.25) is 0 Å². The number of aliphatic hydroxyl groups excluding tert-OH is 7. The van der Waals surface area contributed by atoms with Crippen LogP contribution in [0, 0.1) is 0 Å². The molecule has 2 aliphatic rings. The molecule has 10 atom stereocenters. The number of hydrogen-bond donors (Lipinski definition) is 7. The molecule has 7 N–H and O–H groups in total. The van der Waals surface area contributed by atoms with Gasteiger partial charge < -0.3 is 54.7 Å². The van der Waals surface area contributed by atoms with Crippen molar-refractivity contribution in [2.45, 2.75) is 68.3 Å². The van der Waals surface area contributed by atoms with Crippen LogP contribution in [0.1, 0.15) is 6.92 Å². The molecule has 2 heterocycles. The third-order valence-electron chi connectivity index (χ3n) is 4.29. The fourth-order valence-corrected chi connectivity index (χ4v) is 2.79. The second kappa shape index (κ2) is 8.97. The molecule has 0 amide bonds. The highest BCUT2D eigenvalue weighted by atomic mass is 16.7. The molecule has 2 fully saturated rings. The molecular weight excluding hydrogens is 344 g/mol. The van der Waals surface area contributed by atoms with Crippen LogP contribution in [0.5, 0.6) is 0 Å². The molecule has 11 nitrogen and oxygen atoms in total. The molecule has 2 rings (SSSR count). The first-order valence-electron chi connectivity index (χ1n) is 8.05. The van der Waals surface area contributed by atoms with Crippen molar-refractivity contribution in [3.05, 3.63) is 0 Å². The van der Waals surface area contributed by atoms with Gasteiger partial charge in [-0.25, -0.2) is 0 Å². The average Bonchev–Trinajstić information content (AvgIpc) is 2.60. The quantitative estimate of drug-likeness (QED) is 0.240. The Hall–Kier alpha value is -0.440. The van der Waals surface area contributed by atoms with Crippen molar-refractivity contribution >= 4 is 0 Å². The van der Waals surface area contributed by atoms with Crippen LogP contribution < -0.4 is 0 Å². The molecule has 11 heteroatoms. The third-order valence-corrected chi connectivity index (χ3v) is 4.29. The Morgan fingerprint density at radius 1 is 0.800 bits per heavy atom. The predicted molar refractivity (Wildman–Crippen MR) is 78.0 cm³/mol. The second-order valence-corrected chi connectivity index (χ2v) is 6.00. The zero-order valence-corrected chi connectivity index (χ0v) is 13.7. The summed E-state index contributed by atoms with van der Waals surface area (Å²) in [6.45, 7) is 1.34. The van der Waals surface area contributed by atoms with Crippen LogP contribution >= 0.6 is 0 Å². The Morgan fingerprint density at radius 2 is 1.48 bits per heavy atom. The van der Waals surface area contributed by atoms with E-state index in [1.54, 1.807) is 6.92 Å². The lowest BCUT2D eigenvalue weighted by Gasteiger charge is -2.45. The molecule has 0 aliphatic carbocycles. The summed E-state index contributed by atoms with van der Waals surface area (Å²) in [6, 6.07) is 0. The zero-order chi connectivity index (χ0) is 18.7. The maximum atomic E-state index is 10.1. The number of ether oxygens (including phenoxy) is 4. The van der Waals surface area contributed by atoms with Crippen molar-refractivity contribution in [1.82, 2.24) is 0 Å². The Bertz CT molecular complexity index is 408. The fourth-order valence-electron chi connectivity index (χ4n) is 2.79. The van der Waals surface area contributed by atoms with Gasteiger partial charge >= 0.3 is 0 Å². The fraction of sp³-hybridized carbons (Fsp3) is 1.00. The molecule has 0 saturated carbocycles. The van der Waals surface area contributed by atoms with E-state index in [0.29, 0.717) is 6.61 Å². The molecule has 0 aromatic carbocycles. The Labute approximate surface area is 143 Å². The number of hydrogen-bond acceptors (Lipinski definition) is 11. The van der Waals surface area contributed by atoms with Crippen molar-refractivity contribution in [2.75, 3.05) is 19.8 Å². The first-order chi connectivity index (χ1) is 11.8. The minimum Gasteiger partial charge on any atom is -0.394 e. The summed E-state index contributed by atoms with van der Waals surface area (Å²) in [4.78, 5) is 0. The monoisotopic (exact) mass is 370 g/mol. The topological polar surface area (TPSA) is 179 Å². The summed E-state index contributed by atoms with van der Waals surface area (Å²) in [6.07, 6.45) is -14.8. The Balaban J connectivity index is 2.10. The lowest BCUT2D eigenvalue weighted by atomic mass is 9.97. The molecule has 0 bridgehead atoms. The highest BCUT2D eigenvalue weighted by Gasteiger charge is 2.50. The molecule has 0 spiro atoms. The Morgan fingerprint density at radius 3 is 2.08 bits per heavy atom. The van der Waals surface area contributed by atoms with Crippen LogP contribution in [-0.2, 0) is 18.9 Å². The molecule has 2 aliphatic heterocycles. The standard InChI is InChI=1S/C14H26O11/c1-2-22-4-6-7(16)8(17)11(20)14(24-6)25-12-5(3-15)23-13(21)10(19)9(12)18/h5-21H,2-4H2,1H3/t5-,6-,7+,8+,9-,10-,11-,12-,13+,14+/m1/s1. The van der Waals surface area contributed by atoms with Gasteiger partial charge in [0.2, 0.25) is 0 Å². The van der Waals surface area contributed by atoms with Crippen LogP contribution in [0.25, 0.3) is 0 Å². The summed E-state index contributed by atoms with van der Waals surface area (Å²) < 4.78 is 20.9. The first-order valence-corrected chi connectivity index (χ1v) is 8.05.